The summed E-state index contributed by atoms with van der Waals surface area (Å²) in [6.45, 7) is 1.94. The lowest BCUT2D eigenvalue weighted by Gasteiger charge is -2.26. The van der Waals surface area contributed by atoms with Gasteiger partial charge in [-0.1, -0.05) is 31.3 Å². The van der Waals surface area contributed by atoms with Gasteiger partial charge in [-0.15, -0.1) is 0 Å². The Morgan fingerprint density at radius 3 is 2.11 bits per heavy atom. The summed E-state index contributed by atoms with van der Waals surface area (Å²) in [5.74, 6) is 0.158. The lowest BCUT2D eigenvalue weighted by atomic mass is 9.78. The predicted octanol–water partition coefficient (Wildman–Crippen LogP) is 6.66. The van der Waals surface area contributed by atoms with Gasteiger partial charge in [-0.05, 0) is 67.3 Å². The molecule has 0 aliphatic heterocycles. The zero-order valence-corrected chi connectivity index (χ0v) is 15.6. The van der Waals surface area contributed by atoms with Crippen molar-refractivity contribution < 1.29 is 22.0 Å². The summed E-state index contributed by atoms with van der Waals surface area (Å²) in [4.78, 5) is 0. The van der Waals surface area contributed by atoms with Crippen molar-refractivity contribution in [2.75, 3.05) is 0 Å². The van der Waals surface area contributed by atoms with Crippen LogP contribution in [0.4, 0.5) is 22.0 Å². The van der Waals surface area contributed by atoms with Gasteiger partial charge in [0.25, 0.3) is 0 Å². The summed E-state index contributed by atoms with van der Waals surface area (Å²) in [5.41, 5.74) is 0.555. The number of halogens is 5. The summed E-state index contributed by atoms with van der Waals surface area (Å²) in [6, 6.07) is 4.86. The van der Waals surface area contributed by atoms with Crippen LogP contribution in [-0.4, -0.2) is 0 Å². The molecule has 0 saturated heterocycles. The Morgan fingerprint density at radius 1 is 0.857 bits per heavy atom. The van der Waals surface area contributed by atoms with Crippen LogP contribution in [0, 0.1) is 46.8 Å². The highest BCUT2D eigenvalue weighted by atomic mass is 19.2. The molecule has 0 spiro atoms. The predicted molar refractivity (Wildman–Crippen MR) is 98.2 cm³/mol. The summed E-state index contributed by atoms with van der Waals surface area (Å²) in [7, 11) is 0. The van der Waals surface area contributed by atoms with Crippen molar-refractivity contribution in [2.24, 2.45) is 5.92 Å². The summed E-state index contributed by atoms with van der Waals surface area (Å²) >= 11 is 0. The van der Waals surface area contributed by atoms with E-state index in [1.807, 2.05) is 6.92 Å². The van der Waals surface area contributed by atoms with Gasteiger partial charge in [0.15, 0.2) is 17.5 Å². The lowest BCUT2D eigenvalue weighted by Crippen LogP contribution is -2.14. The zero-order valence-electron chi connectivity index (χ0n) is 15.6. The fourth-order valence-corrected chi connectivity index (χ4v) is 3.76. The Bertz CT molecular complexity index is 892. The topological polar surface area (TPSA) is 0 Å². The quantitative estimate of drug-likeness (QED) is 0.311. The first kappa shape index (κ1) is 20.4. The van der Waals surface area contributed by atoms with E-state index in [4.69, 9.17) is 0 Å². The SMILES string of the molecule is CCCc1cc(F)c(C#CC2CCC(c3ccc(F)c(F)c3F)CC2)c(F)c1. The standard InChI is InChI=1S/C23H21F5/c1-2-3-15-12-20(25)18(21(26)13-15)9-6-14-4-7-16(8-5-14)17-10-11-19(24)23(28)22(17)27/h10-14,16H,2-5,7-8H2,1H3. The molecule has 2 aromatic carbocycles. The average molecular weight is 392 g/mol. The molecule has 1 aliphatic carbocycles. The second-order valence-corrected chi connectivity index (χ2v) is 7.27. The van der Waals surface area contributed by atoms with E-state index in [1.54, 1.807) is 0 Å². The molecule has 0 radical (unpaired) electrons. The first-order valence-corrected chi connectivity index (χ1v) is 9.53. The maximum absolute atomic E-state index is 14.1. The van der Waals surface area contributed by atoms with Gasteiger partial charge in [0.1, 0.15) is 11.6 Å². The van der Waals surface area contributed by atoms with Crippen LogP contribution in [0.1, 0.15) is 61.6 Å². The fourth-order valence-electron chi connectivity index (χ4n) is 3.76. The highest BCUT2D eigenvalue weighted by Gasteiger charge is 2.26. The Morgan fingerprint density at radius 2 is 1.50 bits per heavy atom. The van der Waals surface area contributed by atoms with Crippen LogP contribution in [0.25, 0.3) is 0 Å². The molecule has 2 aromatic rings. The van der Waals surface area contributed by atoms with E-state index >= 15 is 0 Å². The first-order chi connectivity index (χ1) is 13.4. The Labute approximate surface area is 161 Å². The molecule has 5 heteroatoms. The summed E-state index contributed by atoms with van der Waals surface area (Å²) in [5, 5.41) is 0. The minimum Gasteiger partial charge on any atom is -0.206 e. The molecule has 148 valence electrons. The largest absolute Gasteiger partial charge is 0.206 e. The second-order valence-electron chi connectivity index (χ2n) is 7.27. The molecule has 0 atom stereocenters. The minimum absolute atomic E-state index is 0.0706. The van der Waals surface area contributed by atoms with E-state index in [0.29, 0.717) is 37.7 Å². The van der Waals surface area contributed by atoms with E-state index in [9.17, 15) is 22.0 Å². The highest BCUT2D eigenvalue weighted by Crippen LogP contribution is 2.37. The van der Waals surface area contributed by atoms with Crippen molar-refractivity contribution in [1.82, 2.24) is 0 Å². The van der Waals surface area contributed by atoms with Crippen molar-refractivity contribution in [3.63, 3.8) is 0 Å². The van der Waals surface area contributed by atoms with Crippen molar-refractivity contribution in [1.29, 1.82) is 0 Å². The van der Waals surface area contributed by atoms with Crippen molar-refractivity contribution in [2.45, 2.75) is 51.4 Å². The molecule has 0 N–H and O–H groups in total. The van der Waals surface area contributed by atoms with Gasteiger partial charge in [-0.2, -0.15) is 0 Å². The summed E-state index contributed by atoms with van der Waals surface area (Å²) < 4.78 is 68.8. The molecular weight excluding hydrogens is 371 g/mol. The number of hydrogen-bond acceptors (Lipinski definition) is 0. The third-order valence-electron chi connectivity index (χ3n) is 5.27. The van der Waals surface area contributed by atoms with Crippen LogP contribution in [0.2, 0.25) is 0 Å². The van der Waals surface area contributed by atoms with E-state index in [-0.39, 0.29) is 23.0 Å². The molecule has 0 aromatic heterocycles. The molecule has 0 nitrogen and oxygen atoms in total. The highest BCUT2D eigenvalue weighted by molar-refractivity contribution is 5.39. The Balaban J connectivity index is 1.68. The number of rotatable bonds is 3. The van der Waals surface area contributed by atoms with Gasteiger partial charge < -0.3 is 0 Å². The van der Waals surface area contributed by atoms with Crippen LogP contribution in [-0.2, 0) is 6.42 Å². The fraction of sp³-hybridized carbons (Fsp3) is 0.391. The minimum atomic E-state index is -1.45. The maximum Gasteiger partial charge on any atom is 0.194 e. The van der Waals surface area contributed by atoms with Crippen molar-refractivity contribution >= 4 is 0 Å². The van der Waals surface area contributed by atoms with Crippen LogP contribution < -0.4 is 0 Å². The number of benzene rings is 2. The monoisotopic (exact) mass is 392 g/mol. The van der Waals surface area contributed by atoms with Gasteiger partial charge in [-0.25, -0.2) is 22.0 Å². The van der Waals surface area contributed by atoms with E-state index in [2.05, 4.69) is 11.8 Å². The molecule has 0 bridgehead atoms. The van der Waals surface area contributed by atoms with Gasteiger partial charge >= 0.3 is 0 Å². The van der Waals surface area contributed by atoms with Crippen LogP contribution in [0.5, 0.6) is 0 Å². The first-order valence-electron chi connectivity index (χ1n) is 9.53. The molecule has 28 heavy (non-hydrogen) atoms. The van der Waals surface area contributed by atoms with Gasteiger partial charge in [-0.3, -0.25) is 0 Å². The molecule has 1 saturated carbocycles. The third-order valence-corrected chi connectivity index (χ3v) is 5.27. The second kappa shape index (κ2) is 8.77. The molecular formula is C23H21F5. The van der Waals surface area contributed by atoms with Gasteiger partial charge in [0, 0.05) is 5.92 Å². The van der Waals surface area contributed by atoms with Crippen LogP contribution in [0.3, 0.4) is 0 Å². The molecule has 3 rings (SSSR count). The number of hydrogen-bond donors (Lipinski definition) is 0. The maximum atomic E-state index is 14.1. The average Bonchev–Trinajstić information content (AvgIpc) is 2.66. The Hall–Kier alpha value is -2.35. The molecule has 0 unspecified atom stereocenters. The number of aryl methyl sites for hydroxylation is 1. The van der Waals surface area contributed by atoms with Crippen molar-refractivity contribution in [3.05, 3.63) is 70.0 Å². The molecule has 1 aliphatic rings. The van der Waals surface area contributed by atoms with Crippen LogP contribution >= 0.6 is 0 Å². The summed E-state index contributed by atoms with van der Waals surface area (Å²) in [6.07, 6.45) is 3.72. The molecule has 0 amide bonds. The van der Waals surface area contributed by atoms with Gasteiger partial charge in [0.2, 0.25) is 0 Å². The van der Waals surface area contributed by atoms with Gasteiger partial charge in [0.05, 0.1) is 5.56 Å². The zero-order chi connectivity index (χ0) is 20.3. The van der Waals surface area contributed by atoms with E-state index < -0.39 is 29.1 Å². The Kier molecular flexibility index (Phi) is 6.39. The smallest absolute Gasteiger partial charge is 0.194 e. The molecule has 0 heterocycles. The van der Waals surface area contributed by atoms with Crippen molar-refractivity contribution in [3.8, 4) is 11.8 Å². The normalized spacial score (nSPS) is 19.2. The lowest BCUT2D eigenvalue weighted by molar-refractivity contribution is 0.366. The van der Waals surface area contributed by atoms with Crippen LogP contribution in [0.15, 0.2) is 24.3 Å². The third kappa shape index (κ3) is 4.38. The van der Waals surface area contributed by atoms with E-state index in [1.165, 1.54) is 18.2 Å². The van der Waals surface area contributed by atoms with E-state index in [0.717, 1.165) is 12.5 Å². The molecule has 1 fully saturated rings.